The molecule has 0 spiro atoms. The molecule has 0 aromatic heterocycles. The second kappa shape index (κ2) is 8.18. The number of benzene rings is 3. The number of para-hydroxylation sites is 1. The molecule has 3 rings (SSSR count). The van der Waals surface area contributed by atoms with Crippen LogP contribution in [0.1, 0.15) is 0 Å². The molecule has 0 amide bonds. The number of alkyl halides is 2. The van der Waals surface area contributed by atoms with Crippen molar-refractivity contribution in [2.45, 2.75) is 15.5 Å². The standard InChI is InChI=1S/C19H15F2NO5S2/c20-19(21)28(23,24)16-11-12-17(18(13-16)27-14-7-3-1-4-8-14)22-29(25,26)15-9-5-2-6-10-15/h1-13,19,22H. The number of anilines is 1. The zero-order valence-corrected chi connectivity index (χ0v) is 16.3. The van der Waals surface area contributed by atoms with Crippen molar-refractivity contribution in [3.05, 3.63) is 78.9 Å². The molecule has 1 N–H and O–H groups in total. The number of halogens is 2. The Morgan fingerprint density at radius 2 is 1.34 bits per heavy atom. The molecular weight excluding hydrogens is 424 g/mol. The molecule has 3 aromatic carbocycles. The Bertz CT molecular complexity index is 1200. The fourth-order valence-corrected chi connectivity index (χ4v) is 4.20. The molecule has 29 heavy (non-hydrogen) atoms. The minimum atomic E-state index is -4.89. The van der Waals surface area contributed by atoms with Crippen LogP contribution in [0.25, 0.3) is 0 Å². The van der Waals surface area contributed by atoms with Crippen LogP contribution in [0.3, 0.4) is 0 Å². The van der Waals surface area contributed by atoms with E-state index in [4.69, 9.17) is 4.74 Å². The van der Waals surface area contributed by atoms with Gasteiger partial charge in [0, 0.05) is 6.07 Å². The Balaban J connectivity index is 2.06. The van der Waals surface area contributed by atoms with E-state index in [0.717, 1.165) is 18.2 Å². The summed E-state index contributed by atoms with van der Waals surface area (Å²) in [5, 5.41) is 0. The first-order valence-electron chi connectivity index (χ1n) is 8.17. The van der Waals surface area contributed by atoms with Crippen LogP contribution in [0.2, 0.25) is 0 Å². The van der Waals surface area contributed by atoms with E-state index in [9.17, 15) is 25.6 Å². The summed E-state index contributed by atoms with van der Waals surface area (Å²) in [5.74, 6) is -3.60. The maximum Gasteiger partial charge on any atom is 0.341 e. The van der Waals surface area contributed by atoms with Crippen LogP contribution >= 0.6 is 0 Å². The molecule has 10 heteroatoms. The van der Waals surface area contributed by atoms with E-state index in [0.29, 0.717) is 0 Å². The van der Waals surface area contributed by atoms with E-state index in [-0.39, 0.29) is 22.1 Å². The zero-order chi connectivity index (χ0) is 21.1. The highest BCUT2D eigenvalue weighted by atomic mass is 32.2. The van der Waals surface area contributed by atoms with Gasteiger partial charge in [-0.15, -0.1) is 0 Å². The smallest absolute Gasteiger partial charge is 0.341 e. The molecule has 0 fully saturated rings. The Labute approximate surface area is 166 Å². The number of sulfone groups is 1. The first-order valence-corrected chi connectivity index (χ1v) is 11.2. The van der Waals surface area contributed by atoms with Gasteiger partial charge in [-0.25, -0.2) is 16.8 Å². The average Bonchev–Trinajstić information content (AvgIpc) is 2.70. The van der Waals surface area contributed by atoms with Crippen LogP contribution in [0.4, 0.5) is 14.5 Å². The van der Waals surface area contributed by atoms with E-state index in [2.05, 4.69) is 4.72 Å². The maximum absolute atomic E-state index is 12.9. The molecule has 0 bridgehead atoms. The van der Waals surface area contributed by atoms with E-state index in [1.165, 1.54) is 24.3 Å². The van der Waals surface area contributed by atoms with Gasteiger partial charge >= 0.3 is 5.76 Å². The molecule has 152 valence electrons. The van der Waals surface area contributed by atoms with Crippen molar-refractivity contribution >= 4 is 25.5 Å². The second-order valence-corrected chi connectivity index (χ2v) is 9.40. The molecule has 0 atom stereocenters. The van der Waals surface area contributed by atoms with Gasteiger partial charge in [-0.05, 0) is 36.4 Å². The fourth-order valence-electron chi connectivity index (χ4n) is 2.37. The number of nitrogens with one attached hydrogen (secondary N) is 1. The third-order valence-electron chi connectivity index (χ3n) is 3.79. The molecule has 0 aliphatic heterocycles. The number of sulfonamides is 1. The lowest BCUT2D eigenvalue weighted by molar-refractivity contribution is 0.234. The third kappa shape index (κ3) is 4.72. The number of ether oxygens (including phenoxy) is 1. The Kier molecular flexibility index (Phi) is 5.85. The van der Waals surface area contributed by atoms with Crippen molar-refractivity contribution in [3.63, 3.8) is 0 Å². The summed E-state index contributed by atoms with van der Waals surface area (Å²) in [6.07, 6.45) is 0. The average molecular weight is 439 g/mol. The van der Waals surface area contributed by atoms with Gasteiger partial charge in [0.05, 0.1) is 15.5 Å². The SMILES string of the molecule is O=S(=O)(Nc1ccc(S(=O)(=O)C(F)F)cc1Oc1ccccc1)c1ccccc1. The van der Waals surface area contributed by atoms with Crippen LogP contribution in [-0.4, -0.2) is 22.6 Å². The minimum absolute atomic E-state index is 0.0325. The van der Waals surface area contributed by atoms with Crippen molar-refractivity contribution in [3.8, 4) is 11.5 Å². The van der Waals surface area contributed by atoms with E-state index >= 15 is 0 Å². The molecule has 0 heterocycles. The zero-order valence-electron chi connectivity index (χ0n) is 14.7. The highest BCUT2D eigenvalue weighted by Gasteiger charge is 2.28. The number of rotatable bonds is 7. The molecular formula is C19H15F2NO5S2. The summed E-state index contributed by atoms with van der Waals surface area (Å²) >= 11 is 0. The van der Waals surface area contributed by atoms with Crippen molar-refractivity contribution in [2.24, 2.45) is 0 Å². The summed E-state index contributed by atoms with van der Waals surface area (Å²) < 4.78 is 82.5. The van der Waals surface area contributed by atoms with Gasteiger partial charge in [-0.3, -0.25) is 4.72 Å². The molecule has 3 aromatic rings. The minimum Gasteiger partial charge on any atom is -0.455 e. The molecule has 0 saturated heterocycles. The first-order chi connectivity index (χ1) is 13.7. The summed E-state index contributed by atoms with van der Waals surface area (Å²) in [4.78, 5) is -0.726. The Hall–Kier alpha value is -2.98. The Morgan fingerprint density at radius 3 is 1.93 bits per heavy atom. The Morgan fingerprint density at radius 1 is 0.759 bits per heavy atom. The van der Waals surface area contributed by atoms with Crippen LogP contribution in [0.5, 0.6) is 11.5 Å². The third-order valence-corrected chi connectivity index (χ3v) is 6.55. The van der Waals surface area contributed by atoms with Gasteiger partial charge in [-0.1, -0.05) is 36.4 Å². The normalized spacial score (nSPS) is 12.0. The lowest BCUT2D eigenvalue weighted by atomic mass is 10.3. The van der Waals surface area contributed by atoms with E-state index in [1.807, 2.05) is 0 Å². The van der Waals surface area contributed by atoms with Gasteiger partial charge in [0.2, 0.25) is 9.84 Å². The van der Waals surface area contributed by atoms with Gasteiger partial charge in [0.25, 0.3) is 10.0 Å². The van der Waals surface area contributed by atoms with Crippen molar-refractivity contribution in [1.82, 2.24) is 0 Å². The predicted octanol–water partition coefficient (Wildman–Crippen LogP) is 4.28. The summed E-state index contributed by atoms with van der Waals surface area (Å²) in [7, 11) is -8.92. The summed E-state index contributed by atoms with van der Waals surface area (Å²) in [6.45, 7) is 0. The predicted molar refractivity (Wildman–Crippen MR) is 103 cm³/mol. The monoisotopic (exact) mass is 439 g/mol. The highest BCUT2D eigenvalue weighted by Crippen LogP contribution is 2.34. The summed E-state index contributed by atoms with van der Waals surface area (Å²) in [5.41, 5.74) is -0.106. The number of hydrogen-bond acceptors (Lipinski definition) is 5. The van der Waals surface area contributed by atoms with Crippen LogP contribution in [0.15, 0.2) is 88.7 Å². The molecule has 0 aliphatic carbocycles. The molecule has 0 radical (unpaired) electrons. The highest BCUT2D eigenvalue weighted by molar-refractivity contribution is 7.92. The van der Waals surface area contributed by atoms with Gasteiger partial charge in [-0.2, -0.15) is 8.78 Å². The largest absolute Gasteiger partial charge is 0.455 e. The molecule has 6 nitrogen and oxygen atoms in total. The van der Waals surface area contributed by atoms with Gasteiger partial charge in [0.15, 0.2) is 5.75 Å². The summed E-state index contributed by atoms with van der Waals surface area (Å²) in [6, 6.07) is 18.4. The molecule has 0 saturated carbocycles. The van der Waals surface area contributed by atoms with Crippen molar-refractivity contribution in [2.75, 3.05) is 4.72 Å². The topological polar surface area (TPSA) is 89.5 Å². The van der Waals surface area contributed by atoms with Crippen molar-refractivity contribution < 1.29 is 30.4 Å². The first kappa shape index (κ1) is 20.7. The van der Waals surface area contributed by atoms with Gasteiger partial charge < -0.3 is 4.74 Å². The van der Waals surface area contributed by atoms with Crippen LogP contribution < -0.4 is 9.46 Å². The van der Waals surface area contributed by atoms with E-state index in [1.54, 1.807) is 36.4 Å². The maximum atomic E-state index is 12.9. The van der Waals surface area contributed by atoms with Crippen molar-refractivity contribution in [1.29, 1.82) is 0 Å². The van der Waals surface area contributed by atoms with Crippen LogP contribution in [0, 0.1) is 0 Å². The lowest BCUT2D eigenvalue weighted by Crippen LogP contribution is -2.15. The quantitative estimate of drug-likeness (QED) is 0.594. The number of hydrogen-bond donors (Lipinski definition) is 1. The second-order valence-electron chi connectivity index (χ2n) is 5.80. The van der Waals surface area contributed by atoms with Crippen LogP contribution in [-0.2, 0) is 19.9 Å². The van der Waals surface area contributed by atoms with Gasteiger partial charge in [0.1, 0.15) is 5.75 Å². The molecule has 0 unspecified atom stereocenters. The fraction of sp³-hybridized carbons (Fsp3) is 0.0526. The van der Waals surface area contributed by atoms with E-state index < -0.39 is 30.5 Å². The lowest BCUT2D eigenvalue weighted by Gasteiger charge is -2.15. The molecule has 0 aliphatic rings.